The second-order valence-corrected chi connectivity index (χ2v) is 5.51. The molecule has 1 N–H and O–H groups in total. The lowest BCUT2D eigenvalue weighted by molar-refractivity contribution is 0.0690. The van der Waals surface area contributed by atoms with Gasteiger partial charge < -0.3 is 5.11 Å². The number of pyridine rings is 2. The van der Waals surface area contributed by atoms with E-state index in [1.807, 2.05) is 36.4 Å². The van der Waals surface area contributed by atoms with E-state index in [1.165, 1.54) is 6.20 Å². The van der Waals surface area contributed by atoms with Gasteiger partial charge in [-0.25, -0.2) is 9.78 Å². The molecule has 0 aliphatic rings. The van der Waals surface area contributed by atoms with Crippen LogP contribution in [0.2, 0.25) is 0 Å². The number of hydrogen-bond donors (Lipinski definition) is 1. The Balaban J connectivity index is 1.84. The molecule has 0 unspecified atom stereocenters. The number of benzene rings is 1. The van der Waals surface area contributed by atoms with Gasteiger partial charge in [0.25, 0.3) is 0 Å². The summed E-state index contributed by atoms with van der Waals surface area (Å²) in [5, 5.41) is 10.1. The molecule has 0 aliphatic heterocycles. The maximum atomic E-state index is 10.9. The number of nitrogens with zero attached hydrogens (tertiary/aromatic N) is 2. The SMILES string of the molecule is O=C(O)c1cc(SCc2cccc3cccnc23)ccn1. The first-order valence-electron chi connectivity index (χ1n) is 6.39. The number of carbonyl (C=O) groups is 1. The summed E-state index contributed by atoms with van der Waals surface area (Å²) in [4.78, 5) is 20.0. The smallest absolute Gasteiger partial charge is 0.354 e. The van der Waals surface area contributed by atoms with Crippen molar-refractivity contribution in [3.05, 3.63) is 66.1 Å². The molecule has 0 bridgehead atoms. The Labute approximate surface area is 125 Å². The number of para-hydroxylation sites is 1. The van der Waals surface area contributed by atoms with E-state index in [4.69, 9.17) is 5.11 Å². The molecule has 4 nitrogen and oxygen atoms in total. The Morgan fingerprint density at radius 2 is 1.95 bits per heavy atom. The van der Waals surface area contributed by atoms with Gasteiger partial charge in [0, 0.05) is 28.4 Å². The monoisotopic (exact) mass is 296 g/mol. The van der Waals surface area contributed by atoms with Gasteiger partial charge in [-0.2, -0.15) is 0 Å². The molecule has 1 aromatic carbocycles. The standard InChI is InChI=1S/C16H12N2O2S/c19-16(20)14-9-13(6-8-17-14)21-10-12-4-1-3-11-5-2-7-18-15(11)12/h1-9H,10H2,(H,19,20). The zero-order chi connectivity index (χ0) is 14.7. The Hall–Kier alpha value is -2.40. The van der Waals surface area contributed by atoms with Crippen LogP contribution in [0.1, 0.15) is 16.1 Å². The molecule has 5 heteroatoms. The van der Waals surface area contributed by atoms with Crippen LogP contribution in [0.25, 0.3) is 10.9 Å². The Morgan fingerprint density at radius 1 is 1.10 bits per heavy atom. The van der Waals surface area contributed by atoms with E-state index in [2.05, 4.69) is 9.97 Å². The molecular formula is C16H12N2O2S. The third-order valence-electron chi connectivity index (χ3n) is 3.06. The summed E-state index contributed by atoms with van der Waals surface area (Å²) in [6.45, 7) is 0. The number of thioether (sulfide) groups is 1. The summed E-state index contributed by atoms with van der Waals surface area (Å²) in [7, 11) is 0. The topological polar surface area (TPSA) is 63.1 Å². The number of hydrogen-bond acceptors (Lipinski definition) is 4. The average molecular weight is 296 g/mol. The molecule has 0 saturated carbocycles. The van der Waals surface area contributed by atoms with Crippen LogP contribution >= 0.6 is 11.8 Å². The summed E-state index contributed by atoms with van der Waals surface area (Å²) < 4.78 is 0. The van der Waals surface area contributed by atoms with Crippen molar-refractivity contribution in [3.8, 4) is 0 Å². The molecule has 2 heterocycles. The maximum absolute atomic E-state index is 10.9. The number of aromatic carboxylic acids is 1. The molecule has 0 amide bonds. The van der Waals surface area contributed by atoms with Crippen molar-refractivity contribution in [2.45, 2.75) is 10.6 Å². The van der Waals surface area contributed by atoms with E-state index in [-0.39, 0.29) is 5.69 Å². The van der Waals surface area contributed by atoms with Gasteiger partial charge in [0.2, 0.25) is 0 Å². The van der Waals surface area contributed by atoms with Gasteiger partial charge in [-0.15, -0.1) is 11.8 Å². The van der Waals surface area contributed by atoms with Gasteiger partial charge in [0.15, 0.2) is 0 Å². The molecule has 104 valence electrons. The number of rotatable bonds is 4. The number of carboxylic acids is 1. The van der Waals surface area contributed by atoms with E-state index in [1.54, 1.807) is 24.0 Å². The summed E-state index contributed by atoms with van der Waals surface area (Å²) in [5.74, 6) is -0.276. The second kappa shape index (κ2) is 5.93. The highest BCUT2D eigenvalue weighted by Gasteiger charge is 2.07. The van der Waals surface area contributed by atoms with Gasteiger partial charge in [0.1, 0.15) is 5.69 Å². The molecule has 0 atom stereocenters. The van der Waals surface area contributed by atoms with Crippen LogP contribution < -0.4 is 0 Å². The Bertz CT molecular complexity index is 800. The third-order valence-corrected chi connectivity index (χ3v) is 4.10. The number of carboxylic acid groups (broad SMARTS) is 1. The fourth-order valence-corrected chi connectivity index (χ4v) is 2.97. The quantitative estimate of drug-likeness (QED) is 0.745. The second-order valence-electron chi connectivity index (χ2n) is 4.46. The van der Waals surface area contributed by atoms with Gasteiger partial charge in [-0.05, 0) is 23.8 Å². The average Bonchev–Trinajstić information content (AvgIpc) is 2.53. The van der Waals surface area contributed by atoms with Crippen molar-refractivity contribution in [3.63, 3.8) is 0 Å². The fraction of sp³-hybridized carbons (Fsp3) is 0.0625. The zero-order valence-corrected chi connectivity index (χ0v) is 11.9. The van der Waals surface area contributed by atoms with Crippen molar-refractivity contribution in [2.24, 2.45) is 0 Å². The van der Waals surface area contributed by atoms with Gasteiger partial charge in [-0.3, -0.25) is 4.98 Å². The highest BCUT2D eigenvalue weighted by Crippen LogP contribution is 2.26. The summed E-state index contributed by atoms with van der Waals surface area (Å²) >= 11 is 1.58. The molecular weight excluding hydrogens is 284 g/mol. The van der Waals surface area contributed by atoms with Crippen LogP contribution in [-0.4, -0.2) is 21.0 Å². The lowest BCUT2D eigenvalue weighted by atomic mass is 10.1. The van der Waals surface area contributed by atoms with Crippen molar-refractivity contribution in [1.82, 2.24) is 9.97 Å². The largest absolute Gasteiger partial charge is 0.477 e. The van der Waals surface area contributed by atoms with Crippen LogP contribution in [0, 0.1) is 0 Å². The van der Waals surface area contributed by atoms with E-state index in [0.29, 0.717) is 0 Å². The third kappa shape index (κ3) is 3.03. The summed E-state index contributed by atoms with van der Waals surface area (Å²) in [6.07, 6.45) is 3.30. The molecule has 3 aromatic rings. The Morgan fingerprint density at radius 3 is 2.81 bits per heavy atom. The van der Waals surface area contributed by atoms with E-state index >= 15 is 0 Å². The van der Waals surface area contributed by atoms with E-state index in [0.717, 1.165) is 27.1 Å². The maximum Gasteiger partial charge on any atom is 0.354 e. The molecule has 0 saturated heterocycles. The van der Waals surface area contributed by atoms with Crippen molar-refractivity contribution in [2.75, 3.05) is 0 Å². The van der Waals surface area contributed by atoms with Crippen LogP contribution in [-0.2, 0) is 5.75 Å². The van der Waals surface area contributed by atoms with Crippen molar-refractivity contribution < 1.29 is 9.90 Å². The van der Waals surface area contributed by atoms with Crippen molar-refractivity contribution >= 4 is 28.6 Å². The Kier molecular flexibility index (Phi) is 3.83. The van der Waals surface area contributed by atoms with E-state index in [9.17, 15) is 4.79 Å². The molecule has 0 aliphatic carbocycles. The van der Waals surface area contributed by atoms with Gasteiger partial charge in [0.05, 0.1) is 5.52 Å². The molecule has 0 spiro atoms. The zero-order valence-electron chi connectivity index (χ0n) is 11.1. The van der Waals surface area contributed by atoms with Gasteiger partial charge in [-0.1, -0.05) is 24.3 Å². The molecule has 3 rings (SSSR count). The lowest BCUT2D eigenvalue weighted by Crippen LogP contribution is -1.99. The minimum atomic E-state index is -1.01. The van der Waals surface area contributed by atoms with Crippen LogP contribution in [0.15, 0.2) is 59.8 Å². The predicted molar refractivity (Wildman–Crippen MR) is 82.5 cm³/mol. The highest BCUT2D eigenvalue weighted by molar-refractivity contribution is 7.98. The molecule has 2 aromatic heterocycles. The number of aromatic nitrogens is 2. The summed E-state index contributed by atoms with van der Waals surface area (Å²) in [6, 6.07) is 13.4. The van der Waals surface area contributed by atoms with Crippen LogP contribution in [0.4, 0.5) is 0 Å². The first-order valence-corrected chi connectivity index (χ1v) is 7.37. The minimum absolute atomic E-state index is 0.0658. The summed E-state index contributed by atoms with van der Waals surface area (Å²) in [5.41, 5.74) is 2.18. The van der Waals surface area contributed by atoms with Crippen LogP contribution in [0.3, 0.4) is 0 Å². The van der Waals surface area contributed by atoms with Crippen molar-refractivity contribution in [1.29, 1.82) is 0 Å². The minimum Gasteiger partial charge on any atom is -0.477 e. The number of fused-ring (bicyclic) bond motifs is 1. The van der Waals surface area contributed by atoms with E-state index < -0.39 is 5.97 Å². The molecule has 0 radical (unpaired) electrons. The molecule has 21 heavy (non-hydrogen) atoms. The van der Waals surface area contributed by atoms with Crippen LogP contribution in [0.5, 0.6) is 0 Å². The van der Waals surface area contributed by atoms with Gasteiger partial charge >= 0.3 is 5.97 Å². The first-order chi connectivity index (χ1) is 10.2. The fourth-order valence-electron chi connectivity index (χ4n) is 2.06. The molecule has 0 fully saturated rings. The normalized spacial score (nSPS) is 10.7. The highest BCUT2D eigenvalue weighted by atomic mass is 32.2. The predicted octanol–water partition coefficient (Wildman–Crippen LogP) is 3.62. The first kappa shape index (κ1) is 13.6. The lowest BCUT2D eigenvalue weighted by Gasteiger charge is -2.06.